The Kier molecular flexibility index (Phi) is 8.91. The lowest BCUT2D eigenvalue weighted by molar-refractivity contribution is -0.139. The van der Waals surface area contributed by atoms with E-state index in [1.165, 1.54) is 11.3 Å². The molecule has 8 nitrogen and oxygen atoms in total. The second-order valence-corrected chi connectivity index (χ2v) is 9.91. The summed E-state index contributed by atoms with van der Waals surface area (Å²) in [6, 6.07) is 12.7. The van der Waals surface area contributed by atoms with E-state index in [1.807, 2.05) is 55.5 Å². The molecule has 1 unspecified atom stereocenters. The summed E-state index contributed by atoms with van der Waals surface area (Å²) in [7, 11) is 1.63. The zero-order chi connectivity index (χ0) is 28.1. The van der Waals surface area contributed by atoms with Gasteiger partial charge in [0.15, 0.2) is 4.80 Å². The maximum atomic E-state index is 13.9. The van der Waals surface area contributed by atoms with Crippen LogP contribution in [0.5, 0.6) is 11.5 Å². The van der Waals surface area contributed by atoms with Crippen molar-refractivity contribution < 1.29 is 19.0 Å². The van der Waals surface area contributed by atoms with Crippen LogP contribution in [0.15, 0.2) is 63.5 Å². The van der Waals surface area contributed by atoms with Gasteiger partial charge in [0.2, 0.25) is 0 Å². The van der Waals surface area contributed by atoms with Gasteiger partial charge in [-0.2, -0.15) is 0 Å². The average molecular weight is 550 g/mol. The lowest BCUT2D eigenvalue weighted by Crippen LogP contribution is -2.39. The molecule has 1 aliphatic rings. The van der Waals surface area contributed by atoms with Gasteiger partial charge in [0, 0.05) is 30.4 Å². The Morgan fingerprint density at radius 2 is 1.79 bits per heavy atom. The fraction of sp³-hybridized carbons (Fsp3) is 0.367. The van der Waals surface area contributed by atoms with E-state index in [4.69, 9.17) is 14.2 Å². The Morgan fingerprint density at radius 3 is 2.41 bits per heavy atom. The molecular formula is C30H35N3O5S. The number of allylic oxidation sites excluding steroid dienone is 1. The molecule has 2 heterocycles. The highest BCUT2D eigenvalue weighted by Gasteiger charge is 2.33. The van der Waals surface area contributed by atoms with Crippen LogP contribution in [0.1, 0.15) is 51.8 Å². The first-order valence-corrected chi connectivity index (χ1v) is 14.0. The van der Waals surface area contributed by atoms with E-state index in [2.05, 4.69) is 23.7 Å². The van der Waals surface area contributed by atoms with Gasteiger partial charge >= 0.3 is 5.97 Å². The molecule has 0 bridgehead atoms. The van der Waals surface area contributed by atoms with Gasteiger partial charge < -0.3 is 19.1 Å². The number of nitrogens with zero attached hydrogens (tertiary/aromatic N) is 3. The minimum absolute atomic E-state index is 0.222. The van der Waals surface area contributed by atoms with E-state index in [-0.39, 0.29) is 12.2 Å². The zero-order valence-electron chi connectivity index (χ0n) is 23.3. The number of ether oxygens (including phenoxy) is 3. The molecule has 206 valence electrons. The van der Waals surface area contributed by atoms with Gasteiger partial charge in [-0.1, -0.05) is 23.5 Å². The van der Waals surface area contributed by atoms with Crippen LogP contribution in [0.4, 0.5) is 5.69 Å². The topological polar surface area (TPSA) is 82.4 Å². The molecule has 0 amide bonds. The van der Waals surface area contributed by atoms with Crippen LogP contribution in [0, 0.1) is 0 Å². The number of hydrogen-bond donors (Lipinski definition) is 0. The maximum absolute atomic E-state index is 13.9. The monoisotopic (exact) mass is 549 g/mol. The number of carbonyl (C=O) groups excluding carboxylic acids is 1. The molecule has 0 fully saturated rings. The summed E-state index contributed by atoms with van der Waals surface area (Å²) in [4.78, 5) is 34.4. The van der Waals surface area contributed by atoms with Crippen LogP contribution in [-0.4, -0.2) is 43.9 Å². The van der Waals surface area contributed by atoms with Gasteiger partial charge in [-0.15, -0.1) is 0 Å². The average Bonchev–Trinajstić information content (AvgIpc) is 3.24. The lowest BCUT2D eigenvalue weighted by atomic mass is 9.96. The normalized spacial score (nSPS) is 15.0. The van der Waals surface area contributed by atoms with Gasteiger partial charge in [-0.3, -0.25) is 9.36 Å². The SMILES string of the molecule is CCOC(=O)C1=C(C)N=c2sc(=Cc3ccc(N(CC)CC)cc3OC)c(=O)n2C1c1ccc(OCC)cc1. The summed E-state index contributed by atoms with van der Waals surface area (Å²) in [6.45, 7) is 12.2. The molecule has 3 aromatic rings. The third-order valence-corrected chi connectivity index (χ3v) is 7.64. The number of fused-ring (bicyclic) bond motifs is 1. The quantitative estimate of drug-likeness (QED) is 0.355. The van der Waals surface area contributed by atoms with Gasteiger partial charge in [0.25, 0.3) is 5.56 Å². The van der Waals surface area contributed by atoms with Crippen molar-refractivity contribution in [2.75, 3.05) is 38.3 Å². The number of methoxy groups -OCH3 is 1. The largest absolute Gasteiger partial charge is 0.496 e. The van der Waals surface area contributed by atoms with Crippen molar-refractivity contribution >= 4 is 29.1 Å². The van der Waals surface area contributed by atoms with E-state index >= 15 is 0 Å². The molecule has 0 saturated heterocycles. The molecule has 0 radical (unpaired) electrons. The molecule has 0 spiro atoms. The first-order chi connectivity index (χ1) is 18.9. The van der Waals surface area contributed by atoms with Crippen molar-refractivity contribution in [2.45, 2.75) is 40.7 Å². The first-order valence-electron chi connectivity index (χ1n) is 13.2. The molecule has 0 N–H and O–H groups in total. The van der Waals surface area contributed by atoms with Gasteiger partial charge in [-0.25, -0.2) is 9.79 Å². The minimum Gasteiger partial charge on any atom is -0.496 e. The van der Waals surface area contributed by atoms with Gasteiger partial charge in [-0.05, 0) is 70.5 Å². The fourth-order valence-corrected chi connectivity index (χ4v) is 5.80. The minimum atomic E-state index is -0.676. The van der Waals surface area contributed by atoms with Crippen molar-refractivity contribution in [3.8, 4) is 11.5 Å². The van der Waals surface area contributed by atoms with Crippen LogP contribution in [0.25, 0.3) is 6.08 Å². The number of esters is 1. The van der Waals surface area contributed by atoms with E-state index < -0.39 is 12.0 Å². The van der Waals surface area contributed by atoms with E-state index in [0.717, 1.165) is 29.9 Å². The number of thiazole rings is 1. The highest BCUT2D eigenvalue weighted by molar-refractivity contribution is 7.07. The smallest absolute Gasteiger partial charge is 0.338 e. The van der Waals surface area contributed by atoms with E-state index in [9.17, 15) is 9.59 Å². The molecule has 0 saturated carbocycles. The molecule has 1 aliphatic heterocycles. The third kappa shape index (κ3) is 5.63. The number of benzene rings is 2. The Bertz CT molecular complexity index is 1550. The van der Waals surface area contributed by atoms with E-state index in [1.54, 1.807) is 25.5 Å². The second kappa shape index (κ2) is 12.3. The van der Waals surface area contributed by atoms with Crippen molar-refractivity contribution in [1.29, 1.82) is 0 Å². The van der Waals surface area contributed by atoms with Crippen LogP contribution in [-0.2, 0) is 9.53 Å². The highest BCUT2D eigenvalue weighted by atomic mass is 32.1. The van der Waals surface area contributed by atoms with Crippen LogP contribution in [0.2, 0.25) is 0 Å². The van der Waals surface area contributed by atoms with Crippen LogP contribution >= 0.6 is 11.3 Å². The molecular weight excluding hydrogens is 514 g/mol. The summed E-state index contributed by atoms with van der Waals surface area (Å²) in [5.74, 6) is 0.907. The summed E-state index contributed by atoms with van der Waals surface area (Å²) in [6.07, 6.45) is 1.83. The Labute approximate surface area is 232 Å². The van der Waals surface area contributed by atoms with Crippen molar-refractivity contribution in [3.05, 3.63) is 84.5 Å². The molecule has 1 aromatic heterocycles. The fourth-order valence-electron chi connectivity index (χ4n) is 4.77. The van der Waals surface area contributed by atoms with Crippen LogP contribution < -0.4 is 29.3 Å². The third-order valence-electron chi connectivity index (χ3n) is 6.66. The number of aromatic nitrogens is 1. The summed E-state index contributed by atoms with van der Waals surface area (Å²) >= 11 is 1.29. The summed E-state index contributed by atoms with van der Waals surface area (Å²) in [5, 5.41) is 0. The predicted molar refractivity (Wildman–Crippen MR) is 155 cm³/mol. The van der Waals surface area contributed by atoms with Crippen molar-refractivity contribution in [1.82, 2.24) is 4.57 Å². The maximum Gasteiger partial charge on any atom is 0.338 e. The zero-order valence-corrected chi connectivity index (χ0v) is 24.1. The lowest BCUT2D eigenvalue weighted by Gasteiger charge is -2.24. The number of carbonyl (C=O) groups is 1. The number of rotatable bonds is 10. The standard InChI is InChI=1S/C30H35N3O5S/c1-7-32(8-2)22-14-11-21(24(18-22)36-6)17-25-28(34)33-27(20-12-15-23(16-13-20)37-9-3)26(29(35)38-10-4)19(5)31-30(33)39-25/h11-18,27H,7-10H2,1-6H3. The Hall–Kier alpha value is -3.85. The van der Waals surface area contributed by atoms with Crippen LogP contribution in [0.3, 0.4) is 0 Å². The number of hydrogen-bond acceptors (Lipinski definition) is 8. The van der Waals surface area contributed by atoms with Gasteiger partial charge in [0.05, 0.1) is 42.2 Å². The Morgan fingerprint density at radius 1 is 1.08 bits per heavy atom. The molecule has 2 aromatic carbocycles. The Balaban J connectivity index is 1.88. The van der Waals surface area contributed by atoms with E-state index in [0.29, 0.717) is 38.7 Å². The predicted octanol–water partition coefficient (Wildman–Crippen LogP) is 4.05. The second-order valence-electron chi connectivity index (χ2n) is 8.90. The summed E-state index contributed by atoms with van der Waals surface area (Å²) in [5.41, 5.74) is 3.26. The first kappa shape index (κ1) is 28.2. The molecule has 39 heavy (non-hydrogen) atoms. The van der Waals surface area contributed by atoms with Crippen molar-refractivity contribution in [3.63, 3.8) is 0 Å². The molecule has 0 aliphatic carbocycles. The molecule has 9 heteroatoms. The van der Waals surface area contributed by atoms with Gasteiger partial charge in [0.1, 0.15) is 11.5 Å². The number of anilines is 1. The van der Waals surface area contributed by atoms with Crippen molar-refractivity contribution in [2.24, 2.45) is 4.99 Å². The molecule has 1 atom stereocenters. The highest BCUT2D eigenvalue weighted by Crippen LogP contribution is 2.32. The summed E-state index contributed by atoms with van der Waals surface area (Å²) < 4.78 is 18.7. The molecule has 4 rings (SSSR count).